The van der Waals surface area contributed by atoms with Gasteiger partial charge in [0.1, 0.15) is 0 Å². The van der Waals surface area contributed by atoms with E-state index in [0.29, 0.717) is 6.54 Å². The number of hydrogen-bond acceptors (Lipinski definition) is 3. The van der Waals surface area contributed by atoms with E-state index in [-0.39, 0.29) is 11.9 Å². The number of benzene rings is 1. The molecule has 0 atom stereocenters. The minimum Gasteiger partial charge on any atom is -0.363 e. The van der Waals surface area contributed by atoms with Crippen LogP contribution in [0, 0.1) is 0 Å². The monoisotopic (exact) mass is 263 g/mol. The summed E-state index contributed by atoms with van der Waals surface area (Å²) < 4.78 is 0. The molecule has 0 aliphatic carbocycles. The highest BCUT2D eigenvalue weighted by Crippen LogP contribution is 2.14. The average Bonchev–Trinajstić information content (AvgIpc) is 2.36. The van der Waals surface area contributed by atoms with Crippen LogP contribution in [0.3, 0.4) is 0 Å². The molecule has 1 aromatic carbocycles. The van der Waals surface area contributed by atoms with Crippen LogP contribution in [0.15, 0.2) is 24.3 Å². The van der Waals surface area contributed by atoms with Crippen LogP contribution < -0.4 is 15.5 Å². The molecule has 0 radical (unpaired) electrons. The third-order valence-corrected chi connectivity index (χ3v) is 2.85. The lowest BCUT2D eigenvalue weighted by Gasteiger charge is -2.23. The van der Waals surface area contributed by atoms with Crippen LogP contribution in [0.2, 0.25) is 0 Å². The second-order valence-electron chi connectivity index (χ2n) is 4.93. The summed E-state index contributed by atoms with van der Waals surface area (Å²) in [5, 5.41) is 6.04. The molecule has 4 heteroatoms. The van der Waals surface area contributed by atoms with Gasteiger partial charge >= 0.3 is 0 Å². The van der Waals surface area contributed by atoms with E-state index in [1.807, 2.05) is 20.9 Å². The SMILES string of the molecule is CCN(CC(=O)NC(C)C)c1ccc(CNC)cc1. The molecule has 0 aromatic heterocycles. The van der Waals surface area contributed by atoms with Crippen molar-refractivity contribution in [1.82, 2.24) is 10.6 Å². The van der Waals surface area contributed by atoms with Gasteiger partial charge in [0.15, 0.2) is 0 Å². The van der Waals surface area contributed by atoms with Crippen LogP contribution >= 0.6 is 0 Å². The Kier molecular flexibility index (Phi) is 6.36. The maximum Gasteiger partial charge on any atom is 0.239 e. The number of rotatable bonds is 7. The van der Waals surface area contributed by atoms with Crippen LogP contribution in [-0.4, -0.2) is 32.1 Å². The van der Waals surface area contributed by atoms with Crippen molar-refractivity contribution >= 4 is 11.6 Å². The number of nitrogens with one attached hydrogen (secondary N) is 2. The molecule has 0 aliphatic rings. The van der Waals surface area contributed by atoms with Gasteiger partial charge in [0.25, 0.3) is 0 Å². The Morgan fingerprint density at radius 2 is 1.89 bits per heavy atom. The Hall–Kier alpha value is -1.55. The van der Waals surface area contributed by atoms with Crippen LogP contribution in [0.4, 0.5) is 5.69 Å². The predicted octanol–water partition coefficient (Wildman–Crippen LogP) is 1.76. The summed E-state index contributed by atoms with van der Waals surface area (Å²) in [5.41, 5.74) is 2.33. The average molecular weight is 263 g/mol. The molecule has 0 bridgehead atoms. The van der Waals surface area contributed by atoms with Crippen LogP contribution in [0.25, 0.3) is 0 Å². The number of amides is 1. The smallest absolute Gasteiger partial charge is 0.239 e. The van der Waals surface area contributed by atoms with Gasteiger partial charge in [0.05, 0.1) is 6.54 Å². The summed E-state index contributed by atoms with van der Waals surface area (Å²) in [6.07, 6.45) is 0. The summed E-state index contributed by atoms with van der Waals surface area (Å²) in [4.78, 5) is 13.9. The summed E-state index contributed by atoms with van der Waals surface area (Å²) in [6, 6.07) is 8.51. The maximum atomic E-state index is 11.8. The lowest BCUT2D eigenvalue weighted by molar-refractivity contribution is -0.120. The molecule has 1 aromatic rings. The fourth-order valence-corrected chi connectivity index (χ4v) is 1.96. The molecule has 2 N–H and O–H groups in total. The fourth-order valence-electron chi connectivity index (χ4n) is 1.96. The van der Waals surface area contributed by atoms with E-state index in [1.54, 1.807) is 0 Å². The molecule has 0 heterocycles. The fraction of sp³-hybridized carbons (Fsp3) is 0.533. The topological polar surface area (TPSA) is 44.4 Å². The van der Waals surface area contributed by atoms with Crippen molar-refractivity contribution < 1.29 is 4.79 Å². The highest BCUT2D eigenvalue weighted by Gasteiger charge is 2.10. The molecule has 0 spiro atoms. The van der Waals surface area contributed by atoms with Gasteiger partial charge in [-0.2, -0.15) is 0 Å². The van der Waals surface area contributed by atoms with Gasteiger partial charge in [0.2, 0.25) is 5.91 Å². The maximum absolute atomic E-state index is 11.8. The number of anilines is 1. The Morgan fingerprint density at radius 1 is 1.26 bits per heavy atom. The zero-order valence-corrected chi connectivity index (χ0v) is 12.4. The minimum atomic E-state index is 0.0659. The van der Waals surface area contributed by atoms with Crippen molar-refractivity contribution in [2.45, 2.75) is 33.4 Å². The molecular weight excluding hydrogens is 238 g/mol. The first-order valence-electron chi connectivity index (χ1n) is 6.84. The number of carbonyl (C=O) groups is 1. The molecule has 0 saturated carbocycles. The molecular formula is C15H25N3O. The molecule has 19 heavy (non-hydrogen) atoms. The zero-order chi connectivity index (χ0) is 14.3. The van der Waals surface area contributed by atoms with Crippen molar-refractivity contribution in [2.75, 3.05) is 25.0 Å². The second kappa shape index (κ2) is 7.79. The standard InChI is InChI=1S/C15H25N3O/c1-5-18(11-15(19)17-12(2)3)14-8-6-13(7-9-14)10-16-4/h6-9,12,16H,5,10-11H2,1-4H3,(H,17,19). The first kappa shape index (κ1) is 15.5. The first-order valence-corrected chi connectivity index (χ1v) is 6.84. The van der Waals surface area contributed by atoms with Gasteiger partial charge in [-0.15, -0.1) is 0 Å². The van der Waals surface area contributed by atoms with Gasteiger partial charge in [-0.05, 0) is 45.5 Å². The Balaban J connectivity index is 2.66. The molecule has 0 saturated heterocycles. The molecule has 106 valence electrons. The quantitative estimate of drug-likeness (QED) is 0.788. The third-order valence-electron chi connectivity index (χ3n) is 2.85. The number of likely N-dealkylation sites (N-methyl/N-ethyl adjacent to an activating group) is 1. The van der Waals surface area contributed by atoms with E-state index in [4.69, 9.17) is 0 Å². The van der Waals surface area contributed by atoms with E-state index in [1.165, 1.54) is 5.56 Å². The zero-order valence-electron chi connectivity index (χ0n) is 12.4. The number of carbonyl (C=O) groups excluding carboxylic acids is 1. The van der Waals surface area contributed by atoms with Crippen molar-refractivity contribution in [1.29, 1.82) is 0 Å². The van der Waals surface area contributed by atoms with Crippen LogP contribution in [0.5, 0.6) is 0 Å². The Labute approximate surface area is 116 Å². The second-order valence-corrected chi connectivity index (χ2v) is 4.93. The van der Waals surface area contributed by atoms with Gasteiger partial charge in [0, 0.05) is 24.8 Å². The molecule has 1 rings (SSSR count). The summed E-state index contributed by atoms with van der Waals surface area (Å²) in [5.74, 6) is 0.0659. The van der Waals surface area contributed by atoms with E-state index in [9.17, 15) is 4.79 Å². The van der Waals surface area contributed by atoms with Gasteiger partial charge in [-0.1, -0.05) is 12.1 Å². The molecule has 0 aliphatic heterocycles. The summed E-state index contributed by atoms with van der Waals surface area (Å²) in [6.45, 7) is 8.09. The molecule has 0 fully saturated rings. The lowest BCUT2D eigenvalue weighted by Crippen LogP contribution is -2.40. The van der Waals surface area contributed by atoms with Crippen LogP contribution in [-0.2, 0) is 11.3 Å². The minimum absolute atomic E-state index is 0.0659. The third kappa shape index (κ3) is 5.30. The van der Waals surface area contributed by atoms with E-state index < -0.39 is 0 Å². The van der Waals surface area contributed by atoms with Crippen molar-refractivity contribution in [3.63, 3.8) is 0 Å². The van der Waals surface area contributed by atoms with E-state index in [2.05, 4.69) is 46.7 Å². The Morgan fingerprint density at radius 3 is 2.37 bits per heavy atom. The van der Waals surface area contributed by atoms with E-state index in [0.717, 1.165) is 18.8 Å². The highest BCUT2D eigenvalue weighted by molar-refractivity contribution is 5.81. The normalized spacial score (nSPS) is 10.6. The van der Waals surface area contributed by atoms with Crippen molar-refractivity contribution in [2.24, 2.45) is 0 Å². The number of hydrogen-bond donors (Lipinski definition) is 2. The van der Waals surface area contributed by atoms with Gasteiger partial charge in [-0.25, -0.2) is 0 Å². The van der Waals surface area contributed by atoms with Crippen molar-refractivity contribution in [3.05, 3.63) is 29.8 Å². The van der Waals surface area contributed by atoms with Crippen molar-refractivity contribution in [3.8, 4) is 0 Å². The number of nitrogens with zero attached hydrogens (tertiary/aromatic N) is 1. The molecule has 4 nitrogen and oxygen atoms in total. The largest absolute Gasteiger partial charge is 0.363 e. The Bertz CT molecular complexity index is 387. The molecule has 0 unspecified atom stereocenters. The van der Waals surface area contributed by atoms with Gasteiger partial charge < -0.3 is 15.5 Å². The van der Waals surface area contributed by atoms with Gasteiger partial charge in [-0.3, -0.25) is 4.79 Å². The lowest BCUT2D eigenvalue weighted by atomic mass is 10.2. The highest BCUT2D eigenvalue weighted by atomic mass is 16.2. The van der Waals surface area contributed by atoms with E-state index >= 15 is 0 Å². The summed E-state index contributed by atoms with van der Waals surface area (Å²) in [7, 11) is 1.93. The van der Waals surface area contributed by atoms with Crippen LogP contribution in [0.1, 0.15) is 26.3 Å². The molecule has 1 amide bonds. The predicted molar refractivity (Wildman–Crippen MR) is 80.4 cm³/mol. The summed E-state index contributed by atoms with van der Waals surface area (Å²) >= 11 is 0. The first-order chi connectivity index (χ1) is 9.06.